The third kappa shape index (κ3) is 3.21. The number of pyridine rings is 1. The number of amides is 1. The van der Waals surface area contributed by atoms with Crippen LogP contribution in [0.2, 0.25) is 5.02 Å². The molecule has 0 unspecified atom stereocenters. The average Bonchev–Trinajstić information content (AvgIpc) is 2.42. The predicted octanol–water partition coefficient (Wildman–Crippen LogP) is 2.58. The number of benzene rings is 1. The van der Waals surface area contributed by atoms with E-state index in [1.807, 2.05) is 31.2 Å². The van der Waals surface area contributed by atoms with Crippen molar-refractivity contribution in [2.24, 2.45) is 5.84 Å². The fraction of sp³-hybridized carbons (Fsp3) is 0.0769. The maximum Gasteiger partial charge on any atom is 0.275 e. The topological polar surface area (TPSA) is 80.0 Å². The molecule has 0 aliphatic carbocycles. The lowest BCUT2D eigenvalue weighted by Gasteiger charge is -2.08. The molecular formula is C13H13ClN4O. The van der Waals surface area contributed by atoms with E-state index in [9.17, 15) is 4.79 Å². The van der Waals surface area contributed by atoms with Crippen LogP contribution in [0.4, 0.5) is 11.5 Å². The highest BCUT2D eigenvalue weighted by atomic mass is 35.5. The van der Waals surface area contributed by atoms with Crippen LogP contribution in [0.5, 0.6) is 0 Å². The second-order valence-electron chi connectivity index (χ2n) is 3.99. The van der Waals surface area contributed by atoms with Crippen LogP contribution in [0.15, 0.2) is 36.4 Å². The summed E-state index contributed by atoms with van der Waals surface area (Å²) >= 11 is 5.95. The second-order valence-corrected chi connectivity index (χ2v) is 4.40. The minimum atomic E-state index is -0.383. The number of rotatable bonds is 3. The first-order valence-electron chi connectivity index (χ1n) is 5.61. The molecule has 0 aliphatic heterocycles. The molecule has 1 aromatic carbocycles. The molecule has 1 heterocycles. The molecule has 0 radical (unpaired) electrons. The molecule has 0 atom stereocenters. The lowest BCUT2D eigenvalue weighted by Crippen LogP contribution is -2.16. The van der Waals surface area contributed by atoms with E-state index >= 15 is 0 Å². The van der Waals surface area contributed by atoms with Crippen molar-refractivity contribution in [1.29, 1.82) is 0 Å². The smallest absolute Gasteiger partial charge is 0.275 e. The number of hydrazine groups is 1. The van der Waals surface area contributed by atoms with Crippen molar-refractivity contribution in [1.82, 2.24) is 4.98 Å². The number of anilines is 2. The molecule has 19 heavy (non-hydrogen) atoms. The van der Waals surface area contributed by atoms with Crippen LogP contribution in [0.1, 0.15) is 16.1 Å². The number of aryl methyl sites for hydroxylation is 1. The zero-order valence-corrected chi connectivity index (χ0v) is 11.0. The number of carbonyl (C=O) groups is 1. The van der Waals surface area contributed by atoms with Crippen molar-refractivity contribution in [2.45, 2.75) is 6.92 Å². The van der Waals surface area contributed by atoms with Crippen LogP contribution in [-0.4, -0.2) is 10.9 Å². The van der Waals surface area contributed by atoms with Gasteiger partial charge in [-0.2, -0.15) is 0 Å². The van der Waals surface area contributed by atoms with E-state index in [1.165, 1.54) is 0 Å². The minimum Gasteiger partial charge on any atom is -0.321 e. The Bertz CT molecular complexity index is 598. The third-order valence-electron chi connectivity index (χ3n) is 2.52. The Balaban J connectivity index is 2.22. The van der Waals surface area contributed by atoms with Gasteiger partial charge in [0.15, 0.2) is 0 Å². The van der Waals surface area contributed by atoms with Crippen molar-refractivity contribution < 1.29 is 4.79 Å². The van der Waals surface area contributed by atoms with Crippen LogP contribution >= 0.6 is 11.6 Å². The maximum atomic E-state index is 12.1. The summed E-state index contributed by atoms with van der Waals surface area (Å²) in [6, 6.07) is 10.6. The van der Waals surface area contributed by atoms with Gasteiger partial charge in [-0.3, -0.25) is 4.79 Å². The maximum absolute atomic E-state index is 12.1. The largest absolute Gasteiger partial charge is 0.321 e. The number of nitrogens with two attached hydrogens (primary N) is 1. The lowest BCUT2D eigenvalue weighted by atomic mass is 10.2. The molecule has 1 aromatic heterocycles. The van der Waals surface area contributed by atoms with Gasteiger partial charge in [-0.25, -0.2) is 10.8 Å². The lowest BCUT2D eigenvalue weighted by molar-refractivity contribution is 0.102. The van der Waals surface area contributed by atoms with Crippen LogP contribution < -0.4 is 16.6 Å². The highest BCUT2D eigenvalue weighted by molar-refractivity contribution is 6.34. The Hall–Kier alpha value is -2.11. The zero-order valence-electron chi connectivity index (χ0n) is 10.3. The van der Waals surface area contributed by atoms with Gasteiger partial charge in [-0.15, -0.1) is 0 Å². The van der Waals surface area contributed by atoms with Crippen molar-refractivity contribution >= 4 is 29.0 Å². The SMILES string of the molecule is Cc1ccc(NC(=O)c2nc(NN)ccc2Cl)cc1. The summed E-state index contributed by atoms with van der Waals surface area (Å²) in [6.07, 6.45) is 0. The summed E-state index contributed by atoms with van der Waals surface area (Å²) < 4.78 is 0. The number of nitrogens with one attached hydrogen (secondary N) is 2. The quantitative estimate of drug-likeness (QED) is 0.595. The van der Waals surface area contributed by atoms with Gasteiger partial charge >= 0.3 is 0 Å². The van der Waals surface area contributed by atoms with Crippen molar-refractivity contribution in [3.8, 4) is 0 Å². The average molecular weight is 277 g/mol. The van der Waals surface area contributed by atoms with Gasteiger partial charge in [0.05, 0.1) is 5.02 Å². The standard InChI is InChI=1S/C13H13ClN4O/c1-8-2-4-9(5-3-8)16-13(19)12-10(14)6-7-11(17-12)18-15/h2-7H,15H2,1H3,(H,16,19)(H,17,18). The Labute approximate surface area is 115 Å². The van der Waals surface area contributed by atoms with Gasteiger partial charge in [0, 0.05) is 5.69 Å². The fourth-order valence-corrected chi connectivity index (χ4v) is 1.70. The van der Waals surface area contributed by atoms with Crippen LogP contribution in [0.3, 0.4) is 0 Å². The molecular weight excluding hydrogens is 264 g/mol. The molecule has 1 amide bonds. The Morgan fingerprint density at radius 2 is 1.89 bits per heavy atom. The van der Waals surface area contributed by atoms with Gasteiger partial charge in [0.25, 0.3) is 5.91 Å². The number of carbonyl (C=O) groups excluding carboxylic acids is 1. The molecule has 2 aromatic rings. The molecule has 98 valence electrons. The normalized spacial score (nSPS) is 10.1. The Morgan fingerprint density at radius 3 is 2.53 bits per heavy atom. The molecule has 0 saturated carbocycles. The van der Waals surface area contributed by atoms with Crippen molar-refractivity contribution in [2.75, 3.05) is 10.7 Å². The van der Waals surface area contributed by atoms with E-state index in [2.05, 4.69) is 15.7 Å². The Kier molecular flexibility index (Phi) is 3.99. The van der Waals surface area contributed by atoms with Gasteiger partial charge in [0.1, 0.15) is 11.5 Å². The van der Waals surface area contributed by atoms with E-state index in [-0.39, 0.29) is 16.6 Å². The van der Waals surface area contributed by atoms with Crippen molar-refractivity contribution in [3.63, 3.8) is 0 Å². The number of hydrogen-bond donors (Lipinski definition) is 3. The summed E-state index contributed by atoms with van der Waals surface area (Å²) in [5.74, 6) is 5.24. The van der Waals surface area contributed by atoms with E-state index in [1.54, 1.807) is 12.1 Å². The van der Waals surface area contributed by atoms with Crippen LogP contribution in [0.25, 0.3) is 0 Å². The van der Waals surface area contributed by atoms with Gasteiger partial charge in [-0.1, -0.05) is 29.3 Å². The summed E-state index contributed by atoms with van der Waals surface area (Å²) in [5.41, 5.74) is 4.29. The van der Waals surface area contributed by atoms with Gasteiger partial charge < -0.3 is 10.7 Å². The first-order valence-corrected chi connectivity index (χ1v) is 5.99. The minimum absolute atomic E-state index is 0.123. The monoisotopic (exact) mass is 276 g/mol. The molecule has 2 rings (SSSR count). The van der Waals surface area contributed by atoms with E-state index in [0.717, 1.165) is 5.56 Å². The highest BCUT2D eigenvalue weighted by Gasteiger charge is 2.13. The summed E-state index contributed by atoms with van der Waals surface area (Å²) in [5, 5.41) is 2.99. The molecule has 0 saturated heterocycles. The second kappa shape index (κ2) is 5.69. The first kappa shape index (κ1) is 13.3. The van der Waals surface area contributed by atoms with Crippen molar-refractivity contribution in [3.05, 3.63) is 52.7 Å². The number of halogens is 1. The molecule has 5 nitrogen and oxygen atoms in total. The van der Waals surface area contributed by atoms with Gasteiger partial charge in [0.2, 0.25) is 0 Å². The zero-order chi connectivity index (χ0) is 13.8. The van der Waals surface area contributed by atoms with Crippen LogP contribution in [0, 0.1) is 6.92 Å². The van der Waals surface area contributed by atoms with E-state index in [4.69, 9.17) is 17.4 Å². The van der Waals surface area contributed by atoms with Gasteiger partial charge in [-0.05, 0) is 31.2 Å². The molecule has 0 spiro atoms. The molecule has 4 N–H and O–H groups in total. The molecule has 0 fully saturated rings. The highest BCUT2D eigenvalue weighted by Crippen LogP contribution is 2.18. The molecule has 0 bridgehead atoms. The molecule has 0 aliphatic rings. The Morgan fingerprint density at radius 1 is 1.21 bits per heavy atom. The van der Waals surface area contributed by atoms with E-state index in [0.29, 0.717) is 11.5 Å². The number of nitrogen functional groups attached to an aromatic ring is 1. The predicted molar refractivity (Wildman–Crippen MR) is 76.2 cm³/mol. The number of aromatic nitrogens is 1. The summed E-state index contributed by atoms with van der Waals surface area (Å²) in [4.78, 5) is 16.1. The fourth-order valence-electron chi connectivity index (χ4n) is 1.51. The third-order valence-corrected chi connectivity index (χ3v) is 2.82. The summed E-state index contributed by atoms with van der Waals surface area (Å²) in [6.45, 7) is 1.97. The summed E-state index contributed by atoms with van der Waals surface area (Å²) in [7, 11) is 0. The van der Waals surface area contributed by atoms with Crippen LogP contribution in [-0.2, 0) is 0 Å². The van der Waals surface area contributed by atoms with E-state index < -0.39 is 0 Å². The number of nitrogens with zero attached hydrogens (tertiary/aromatic N) is 1. The first-order chi connectivity index (χ1) is 9.10. The molecule has 6 heteroatoms. The number of hydrogen-bond acceptors (Lipinski definition) is 4.